The highest BCUT2D eigenvalue weighted by Gasteiger charge is 2.13. The number of likely N-dealkylation sites (N-methyl/N-ethyl adjacent to an activating group) is 1. The molecule has 0 unspecified atom stereocenters. The van der Waals surface area contributed by atoms with Crippen LogP contribution in [-0.2, 0) is 10.0 Å². The molecule has 0 aliphatic heterocycles. The van der Waals surface area contributed by atoms with Crippen molar-refractivity contribution in [3.05, 3.63) is 28.2 Å². The summed E-state index contributed by atoms with van der Waals surface area (Å²) in [6, 6.07) is 4.99. The first-order chi connectivity index (χ1) is 7.97. The second kappa shape index (κ2) is 8.12. The lowest BCUT2D eigenvalue weighted by atomic mass is 10.2. The number of sulfonamides is 1. The smallest absolute Gasteiger partial charge is 0.240 e. The van der Waals surface area contributed by atoms with Crippen molar-refractivity contribution in [2.45, 2.75) is 18.7 Å². The Labute approximate surface area is 123 Å². The number of rotatable bonds is 6. The summed E-state index contributed by atoms with van der Waals surface area (Å²) in [4.78, 5) is 0.301. The van der Waals surface area contributed by atoms with Crippen LogP contribution < -0.4 is 10.0 Å². The van der Waals surface area contributed by atoms with Gasteiger partial charge in [-0.05, 0) is 37.2 Å². The molecular weight excluding hydrogens is 340 g/mol. The van der Waals surface area contributed by atoms with Crippen LogP contribution in [0.4, 0.5) is 0 Å². The molecule has 18 heavy (non-hydrogen) atoms. The van der Waals surface area contributed by atoms with Gasteiger partial charge in [0.05, 0.1) is 4.90 Å². The number of halogens is 2. The molecule has 1 aromatic rings. The molecule has 0 bridgehead atoms. The Bertz CT molecular complexity index is 480. The van der Waals surface area contributed by atoms with E-state index in [9.17, 15) is 8.42 Å². The van der Waals surface area contributed by atoms with Crippen molar-refractivity contribution in [2.75, 3.05) is 19.6 Å². The molecule has 0 spiro atoms. The quantitative estimate of drug-likeness (QED) is 0.766. The summed E-state index contributed by atoms with van der Waals surface area (Å²) in [5.41, 5.74) is 0.902. The summed E-state index contributed by atoms with van der Waals surface area (Å²) < 4.78 is 27.3. The molecule has 4 nitrogen and oxygen atoms in total. The zero-order chi connectivity index (χ0) is 12.9. The second-order valence-corrected chi connectivity index (χ2v) is 6.28. The van der Waals surface area contributed by atoms with Crippen molar-refractivity contribution >= 4 is 38.4 Å². The molecule has 0 saturated carbocycles. The van der Waals surface area contributed by atoms with Gasteiger partial charge in [0.15, 0.2) is 0 Å². The maximum atomic E-state index is 11.9. The van der Waals surface area contributed by atoms with Crippen LogP contribution in [0.2, 0.25) is 0 Å². The SMILES string of the molecule is CCNCCNS(=O)(=O)c1ccc(Br)c(C)c1.Cl. The van der Waals surface area contributed by atoms with E-state index in [1.165, 1.54) is 0 Å². The lowest BCUT2D eigenvalue weighted by molar-refractivity contribution is 0.577. The first kappa shape index (κ1) is 17.9. The van der Waals surface area contributed by atoms with Gasteiger partial charge < -0.3 is 5.32 Å². The van der Waals surface area contributed by atoms with E-state index in [-0.39, 0.29) is 12.4 Å². The molecule has 0 aliphatic rings. The van der Waals surface area contributed by atoms with Crippen LogP contribution in [0.3, 0.4) is 0 Å². The Morgan fingerprint density at radius 3 is 2.50 bits per heavy atom. The minimum absolute atomic E-state index is 0. The van der Waals surface area contributed by atoms with Crippen molar-refractivity contribution in [1.29, 1.82) is 0 Å². The van der Waals surface area contributed by atoms with E-state index in [1.54, 1.807) is 18.2 Å². The molecule has 2 N–H and O–H groups in total. The molecule has 0 saturated heterocycles. The minimum atomic E-state index is -3.39. The lowest BCUT2D eigenvalue weighted by Gasteiger charge is -2.08. The van der Waals surface area contributed by atoms with Gasteiger partial charge in [-0.1, -0.05) is 22.9 Å². The number of hydrogen-bond donors (Lipinski definition) is 2. The van der Waals surface area contributed by atoms with Gasteiger partial charge in [0.1, 0.15) is 0 Å². The van der Waals surface area contributed by atoms with Gasteiger partial charge in [-0.15, -0.1) is 12.4 Å². The summed E-state index contributed by atoms with van der Waals surface area (Å²) in [5, 5.41) is 3.06. The van der Waals surface area contributed by atoms with Crippen LogP contribution >= 0.6 is 28.3 Å². The van der Waals surface area contributed by atoms with Crippen LogP contribution in [0, 0.1) is 6.92 Å². The molecule has 0 fully saturated rings. The number of hydrogen-bond acceptors (Lipinski definition) is 3. The minimum Gasteiger partial charge on any atom is -0.316 e. The average molecular weight is 358 g/mol. The fourth-order valence-electron chi connectivity index (χ4n) is 1.32. The van der Waals surface area contributed by atoms with Gasteiger partial charge >= 0.3 is 0 Å². The number of aryl methyl sites for hydroxylation is 1. The van der Waals surface area contributed by atoms with Gasteiger partial charge in [0.25, 0.3) is 0 Å². The van der Waals surface area contributed by atoms with Crippen LogP contribution in [-0.4, -0.2) is 28.1 Å². The zero-order valence-electron chi connectivity index (χ0n) is 10.4. The predicted molar refractivity (Wildman–Crippen MR) is 79.9 cm³/mol. The maximum absolute atomic E-state index is 11.9. The van der Waals surface area contributed by atoms with Gasteiger partial charge in [-0.2, -0.15) is 0 Å². The fraction of sp³-hybridized carbons (Fsp3) is 0.455. The third-order valence-electron chi connectivity index (χ3n) is 2.28. The van der Waals surface area contributed by atoms with E-state index >= 15 is 0 Å². The Morgan fingerprint density at radius 1 is 1.28 bits per heavy atom. The average Bonchev–Trinajstić information content (AvgIpc) is 2.28. The van der Waals surface area contributed by atoms with Crippen molar-refractivity contribution in [2.24, 2.45) is 0 Å². The number of benzene rings is 1. The Morgan fingerprint density at radius 2 is 1.94 bits per heavy atom. The molecule has 0 heterocycles. The molecule has 0 atom stereocenters. The first-order valence-electron chi connectivity index (χ1n) is 5.44. The summed E-state index contributed by atoms with van der Waals surface area (Å²) in [6.45, 7) is 5.70. The van der Waals surface area contributed by atoms with Crippen LogP contribution in [0.1, 0.15) is 12.5 Å². The third kappa shape index (κ3) is 5.24. The molecule has 104 valence electrons. The highest BCUT2D eigenvalue weighted by Crippen LogP contribution is 2.19. The first-order valence-corrected chi connectivity index (χ1v) is 7.71. The second-order valence-electron chi connectivity index (χ2n) is 3.66. The van der Waals surface area contributed by atoms with Crippen molar-refractivity contribution in [3.63, 3.8) is 0 Å². The van der Waals surface area contributed by atoms with Gasteiger partial charge in [0.2, 0.25) is 10.0 Å². The summed E-state index contributed by atoms with van der Waals surface area (Å²) in [7, 11) is -3.39. The lowest BCUT2D eigenvalue weighted by Crippen LogP contribution is -2.31. The molecule has 0 amide bonds. The van der Waals surface area contributed by atoms with Crippen molar-refractivity contribution in [3.8, 4) is 0 Å². The summed E-state index contributed by atoms with van der Waals surface area (Å²) >= 11 is 3.34. The topological polar surface area (TPSA) is 58.2 Å². The molecule has 7 heteroatoms. The predicted octanol–water partition coefficient (Wildman–Crippen LogP) is 2.07. The van der Waals surface area contributed by atoms with E-state index in [0.717, 1.165) is 16.6 Å². The van der Waals surface area contributed by atoms with Crippen molar-refractivity contribution < 1.29 is 8.42 Å². The van der Waals surface area contributed by atoms with Crippen LogP contribution in [0.25, 0.3) is 0 Å². The molecule has 1 rings (SSSR count). The van der Waals surface area contributed by atoms with Gasteiger partial charge in [0, 0.05) is 17.6 Å². The monoisotopic (exact) mass is 356 g/mol. The maximum Gasteiger partial charge on any atom is 0.240 e. The molecule has 0 radical (unpaired) electrons. The Kier molecular flexibility index (Phi) is 8.05. The molecule has 0 aliphatic carbocycles. The highest BCUT2D eigenvalue weighted by molar-refractivity contribution is 9.10. The van der Waals surface area contributed by atoms with E-state index < -0.39 is 10.0 Å². The van der Waals surface area contributed by atoms with Gasteiger partial charge in [-0.25, -0.2) is 13.1 Å². The fourth-order valence-corrected chi connectivity index (χ4v) is 2.68. The van der Waals surface area contributed by atoms with Crippen LogP contribution in [0.5, 0.6) is 0 Å². The highest BCUT2D eigenvalue weighted by atomic mass is 79.9. The van der Waals surface area contributed by atoms with E-state index in [1.807, 2.05) is 13.8 Å². The Hall–Kier alpha value is -0.140. The normalized spacial score (nSPS) is 11.1. The molecule has 1 aromatic carbocycles. The van der Waals surface area contributed by atoms with E-state index in [0.29, 0.717) is 18.0 Å². The summed E-state index contributed by atoms with van der Waals surface area (Å²) in [6.07, 6.45) is 0. The van der Waals surface area contributed by atoms with Crippen LogP contribution in [0.15, 0.2) is 27.6 Å². The number of nitrogens with one attached hydrogen (secondary N) is 2. The molecule has 0 aromatic heterocycles. The standard InChI is InChI=1S/C11H17BrN2O2S.ClH/c1-3-13-6-7-14-17(15,16)10-4-5-11(12)9(2)8-10;/h4-5,8,13-14H,3,6-7H2,1-2H3;1H. The zero-order valence-corrected chi connectivity index (χ0v) is 13.6. The van der Waals surface area contributed by atoms with Gasteiger partial charge in [-0.3, -0.25) is 0 Å². The van der Waals surface area contributed by atoms with E-state index in [2.05, 4.69) is 26.0 Å². The summed E-state index contributed by atoms with van der Waals surface area (Å²) in [5.74, 6) is 0. The Balaban J connectivity index is 0.00000289. The molecular formula is C11H18BrClN2O2S. The third-order valence-corrected chi connectivity index (χ3v) is 4.63. The largest absolute Gasteiger partial charge is 0.316 e. The van der Waals surface area contributed by atoms with E-state index in [4.69, 9.17) is 0 Å². The van der Waals surface area contributed by atoms with Crippen molar-refractivity contribution in [1.82, 2.24) is 10.0 Å².